The second-order valence-corrected chi connectivity index (χ2v) is 6.51. The number of oxazole rings is 1. The van der Waals surface area contributed by atoms with Crippen molar-refractivity contribution in [2.45, 2.75) is 24.5 Å². The summed E-state index contributed by atoms with van der Waals surface area (Å²) in [6.07, 6.45) is 0. The van der Waals surface area contributed by atoms with Crippen molar-refractivity contribution < 1.29 is 8.63 Å². The van der Waals surface area contributed by atoms with Crippen molar-refractivity contribution in [1.82, 2.24) is 4.98 Å². The van der Waals surface area contributed by atoms with Crippen molar-refractivity contribution in [3.05, 3.63) is 53.4 Å². The third kappa shape index (κ3) is 2.83. The quantitative estimate of drug-likeness (QED) is 0.753. The molecule has 2 aromatic carbocycles. The predicted octanol–water partition coefficient (Wildman–Crippen LogP) is 3.33. The van der Waals surface area contributed by atoms with E-state index in [1.807, 2.05) is 32.0 Å². The standard InChI is InChI=1S/C16H16N2O2S/c1-10-3-6-15(11(2)7-10)21(19)9-16-18-13-5-4-12(17)8-14(13)20-16/h3-8H,9,17H2,1-2H3. The second kappa shape index (κ2) is 5.33. The highest BCUT2D eigenvalue weighted by molar-refractivity contribution is 7.84. The number of nitrogens with zero attached hydrogens (tertiary/aromatic N) is 1. The van der Waals surface area contributed by atoms with Crippen LogP contribution in [0.3, 0.4) is 0 Å². The third-order valence-electron chi connectivity index (χ3n) is 3.29. The first-order chi connectivity index (χ1) is 10.0. The summed E-state index contributed by atoms with van der Waals surface area (Å²) >= 11 is 0. The first-order valence-electron chi connectivity index (χ1n) is 6.63. The number of fused-ring (bicyclic) bond motifs is 1. The summed E-state index contributed by atoms with van der Waals surface area (Å²) in [7, 11) is -1.17. The number of aromatic nitrogens is 1. The van der Waals surface area contributed by atoms with Gasteiger partial charge in [-0.05, 0) is 37.6 Å². The minimum Gasteiger partial charge on any atom is -0.440 e. The van der Waals surface area contributed by atoms with Crippen LogP contribution in [-0.2, 0) is 16.6 Å². The number of aryl methyl sites for hydroxylation is 2. The number of hydrogen-bond donors (Lipinski definition) is 1. The van der Waals surface area contributed by atoms with Gasteiger partial charge in [-0.15, -0.1) is 0 Å². The third-order valence-corrected chi connectivity index (χ3v) is 4.74. The van der Waals surface area contributed by atoms with Crippen LogP contribution < -0.4 is 5.73 Å². The first-order valence-corrected chi connectivity index (χ1v) is 7.95. The van der Waals surface area contributed by atoms with Crippen molar-refractivity contribution in [2.24, 2.45) is 0 Å². The Kier molecular flexibility index (Phi) is 3.51. The average Bonchev–Trinajstić information content (AvgIpc) is 2.79. The van der Waals surface area contributed by atoms with Gasteiger partial charge in [0.05, 0.1) is 10.8 Å². The van der Waals surface area contributed by atoms with Crippen LogP contribution in [0.4, 0.5) is 5.69 Å². The van der Waals surface area contributed by atoms with Gasteiger partial charge < -0.3 is 10.2 Å². The van der Waals surface area contributed by atoms with Crippen molar-refractivity contribution in [2.75, 3.05) is 5.73 Å². The molecule has 1 heterocycles. The summed E-state index contributed by atoms with van der Waals surface area (Å²) in [5, 5.41) is 0. The zero-order valence-corrected chi connectivity index (χ0v) is 12.7. The Morgan fingerprint density at radius 3 is 2.76 bits per heavy atom. The van der Waals surface area contributed by atoms with Crippen LogP contribution in [0.5, 0.6) is 0 Å². The fourth-order valence-corrected chi connectivity index (χ4v) is 3.44. The Labute approximate surface area is 125 Å². The van der Waals surface area contributed by atoms with Crippen LogP contribution in [0.15, 0.2) is 45.7 Å². The molecule has 2 N–H and O–H groups in total. The van der Waals surface area contributed by atoms with Gasteiger partial charge in [0.15, 0.2) is 5.58 Å². The molecule has 0 aliphatic rings. The van der Waals surface area contributed by atoms with E-state index in [0.717, 1.165) is 21.5 Å². The molecule has 4 nitrogen and oxygen atoms in total. The van der Waals surface area contributed by atoms with E-state index in [0.29, 0.717) is 17.2 Å². The Bertz CT molecular complexity index is 839. The number of nitrogens with two attached hydrogens (primary N) is 1. The summed E-state index contributed by atoms with van der Waals surface area (Å²) in [4.78, 5) is 5.17. The smallest absolute Gasteiger partial charge is 0.208 e. The molecule has 1 aromatic heterocycles. The van der Waals surface area contributed by atoms with Gasteiger partial charge in [-0.25, -0.2) is 4.98 Å². The first kappa shape index (κ1) is 13.8. The highest BCUT2D eigenvalue weighted by Gasteiger charge is 2.13. The van der Waals surface area contributed by atoms with Crippen LogP contribution in [-0.4, -0.2) is 9.19 Å². The van der Waals surface area contributed by atoms with Crippen LogP contribution in [0.25, 0.3) is 11.1 Å². The second-order valence-electron chi connectivity index (χ2n) is 5.09. The van der Waals surface area contributed by atoms with Crippen LogP contribution in [0.1, 0.15) is 17.0 Å². The fourth-order valence-electron chi connectivity index (χ4n) is 2.30. The van der Waals surface area contributed by atoms with Crippen LogP contribution in [0.2, 0.25) is 0 Å². The molecule has 3 aromatic rings. The van der Waals surface area contributed by atoms with Gasteiger partial charge in [-0.3, -0.25) is 4.21 Å². The topological polar surface area (TPSA) is 69.1 Å². The maximum atomic E-state index is 12.5. The fraction of sp³-hybridized carbons (Fsp3) is 0.188. The predicted molar refractivity (Wildman–Crippen MR) is 84.4 cm³/mol. The van der Waals surface area contributed by atoms with Crippen molar-refractivity contribution in [1.29, 1.82) is 0 Å². The normalized spacial score (nSPS) is 12.7. The van der Waals surface area contributed by atoms with Gasteiger partial charge in [0, 0.05) is 16.6 Å². The molecule has 5 heteroatoms. The molecular formula is C16H16N2O2S. The van der Waals surface area contributed by atoms with Crippen molar-refractivity contribution >= 4 is 27.6 Å². The lowest BCUT2D eigenvalue weighted by Gasteiger charge is -2.05. The SMILES string of the molecule is Cc1ccc(S(=O)Cc2nc3ccc(N)cc3o2)c(C)c1. The van der Waals surface area contributed by atoms with E-state index in [4.69, 9.17) is 10.2 Å². The molecule has 108 valence electrons. The molecule has 0 amide bonds. The van der Waals surface area contributed by atoms with E-state index in [2.05, 4.69) is 4.98 Å². The molecule has 0 radical (unpaired) electrons. The molecule has 0 saturated carbocycles. The number of anilines is 1. The minimum absolute atomic E-state index is 0.262. The highest BCUT2D eigenvalue weighted by Crippen LogP contribution is 2.22. The van der Waals surface area contributed by atoms with E-state index in [1.54, 1.807) is 18.2 Å². The maximum absolute atomic E-state index is 12.5. The van der Waals surface area contributed by atoms with Gasteiger partial charge >= 0.3 is 0 Å². The van der Waals surface area contributed by atoms with E-state index >= 15 is 0 Å². The molecule has 0 bridgehead atoms. The lowest BCUT2D eigenvalue weighted by Crippen LogP contribution is -1.99. The maximum Gasteiger partial charge on any atom is 0.208 e. The summed E-state index contributed by atoms with van der Waals surface area (Å²) in [5.74, 6) is 0.729. The minimum atomic E-state index is -1.17. The zero-order chi connectivity index (χ0) is 15.0. The van der Waals surface area contributed by atoms with Crippen molar-refractivity contribution in [3.8, 4) is 0 Å². The van der Waals surface area contributed by atoms with E-state index in [1.165, 1.54) is 0 Å². The summed E-state index contributed by atoms with van der Waals surface area (Å²) < 4.78 is 18.1. The molecule has 21 heavy (non-hydrogen) atoms. The van der Waals surface area contributed by atoms with Crippen LogP contribution in [0, 0.1) is 13.8 Å². The molecule has 0 aliphatic carbocycles. The lowest BCUT2D eigenvalue weighted by atomic mass is 10.2. The van der Waals surface area contributed by atoms with Crippen molar-refractivity contribution in [3.63, 3.8) is 0 Å². The van der Waals surface area contributed by atoms with Gasteiger partial charge in [0.2, 0.25) is 5.89 Å². The average molecular weight is 300 g/mol. The Balaban J connectivity index is 1.89. The zero-order valence-electron chi connectivity index (χ0n) is 11.9. The number of benzene rings is 2. The number of nitrogen functional groups attached to an aromatic ring is 1. The van der Waals surface area contributed by atoms with E-state index in [-0.39, 0.29) is 5.75 Å². The van der Waals surface area contributed by atoms with Gasteiger partial charge in [-0.2, -0.15) is 0 Å². The molecule has 0 saturated heterocycles. The Morgan fingerprint density at radius 2 is 2.00 bits per heavy atom. The van der Waals surface area contributed by atoms with Gasteiger partial charge in [0.25, 0.3) is 0 Å². The summed E-state index contributed by atoms with van der Waals surface area (Å²) in [6, 6.07) is 11.2. The molecule has 0 aliphatic heterocycles. The van der Waals surface area contributed by atoms with E-state index in [9.17, 15) is 4.21 Å². The van der Waals surface area contributed by atoms with E-state index < -0.39 is 10.8 Å². The largest absolute Gasteiger partial charge is 0.440 e. The van der Waals surface area contributed by atoms with Gasteiger partial charge in [-0.1, -0.05) is 17.7 Å². The molecule has 1 atom stereocenters. The Hall–Kier alpha value is -2.14. The highest BCUT2D eigenvalue weighted by atomic mass is 32.2. The monoisotopic (exact) mass is 300 g/mol. The lowest BCUT2D eigenvalue weighted by molar-refractivity contribution is 0.552. The summed E-state index contributed by atoms with van der Waals surface area (Å²) in [5.41, 5.74) is 9.88. The van der Waals surface area contributed by atoms with Gasteiger partial charge in [0.1, 0.15) is 11.3 Å². The Morgan fingerprint density at radius 1 is 1.19 bits per heavy atom. The number of hydrogen-bond acceptors (Lipinski definition) is 4. The molecule has 0 fully saturated rings. The van der Waals surface area contributed by atoms with Crippen LogP contribution >= 0.6 is 0 Å². The molecular weight excluding hydrogens is 284 g/mol. The number of rotatable bonds is 3. The molecule has 1 unspecified atom stereocenters. The molecule has 0 spiro atoms. The molecule has 3 rings (SSSR count). The summed E-state index contributed by atoms with van der Waals surface area (Å²) in [6.45, 7) is 3.98.